The Labute approximate surface area is 112 Å². The maximum atomic E-state index is 4.16. The number of benzene rings is 1. The summed E-state index contributed by atoms with van der Waals surface area (Å²) in [6.45, 7) is 2.29. The fourth-order valence-electron chi connectivity index (χ4n) is 2.34. The highest BCUT2D eigenvalue weighted by molar-refractivity contribution is 5.90. The van der Waals surface area contributed by atoms with Crippen LogP contribution in [0.3, 0.4) is 0 Å². The number of allylic oxidation sites excluding steroid dienone is 2. The van der Waals surface area contributed by atoms with Gasteiger partial charge in [-0.05, 0) is 25.2 Å². The van der Waals surface area contributed by atoms with Crippen LogP contribution in [0.15, 0.2) is 42.2 Å². The number of rotatable bonds is 3. The maximum Gasteiger partial charge on any atom is 0.174 e. The average molecular weight is 254 g/mol. The molecule has 98 valence electrons. The number of hydrogen-bond donors (Lipinski definition) is 2. The van der Waals surface area contributed by atoms with Gasteiger partial charge in [-0.3, -0.25) is 5.43 Å². The van der Waals surface area contributed by atoms with Crippen molar-refractivity contribution < 1.29 is 0 Å². The zero-order chi connectivity index (χ0) is 13.1. The van der Waals surface area contributed by atoms with E-state index in [0.717, 1.165) is 35.3 Å². The van der Waals surface area contributed by atoms with Crippen molar-refractivity contribution in [3.63, 3.8) is 0 Å². The van der Waals surface area contributed by atoms with E-state index in [4.69, 9.17) is 0 Å². The molecular formula is C15H18N4. The Morgan fingerprint density at radius 1 is 1.21 bits per heavy atom. The molecule has 3 rings (SSSR count). The number of anilines is 1. The van der Waals surface area contributed by atoms with Crippen molar-refractivity contribution in [1.29, 1.82) is 0 Å². The summed E-state index contributed by atoms with van der Waals surface area (Å²) in [5, 5.41) is 10.3. The third kappa shape index (κ3) is 2.67. The van der Waals surface area contributed by atoms with Crippen LogP contribution >= 0.6 is 0 Å². The molecule has 0 aliphatic heterocycles. The molecule has 1 aromatic carbocycles. The number of fused-ring (bicyclic) bond motifs is 1. The highest BCUT2D eigenvalue weighted by Gasteiger charge is 2.10. The first-order valence-corrected chi connectivity index (χ1v) is 6.74. The van der Waals surface area contributed by atoms with Crippen molar-refractivity contribution in [2.24, 2.45) is 5.92 Å². The summed E-state index contributed by atoms with van der Waals surface area (Å²) in [4.78, 5) is 0. The monoisotopic (exact) mass is 254 g/mol. The van der Waals surface area contributed by atoms with Crippen molar-refractivity contribution in [3.8, 4) is 0 Å². The van der Waals surface area contributed by atoms with Gasteiger partial charge in [0.05, 0.1) is 6.20 Å². The molecule has 0 fully saturated rings. The topological polar surface area (TPSA) is 49.8 Å². The van der Waals surface area contributed by atoms with E-state index in [0.29, 0.717) is 0 Å². The molecule has 1 heterocycles. The minimum absolute atomic E-state index is 0.776. The lowest BCUT2D eigenvalue weighted by molar-refractivity contribution is 0.502. The lowest BCUT2D eigenvalue weighted by Crippen LogP contribution is -2.24. The molecule has 2 N–H and O–H groups in total. The van der Waals surface area contributed by atoms with Gasteiger partial charge < -0.3 is 5.43 Å². The van der Waals surface area contributed by atoms with E-state index in [-0.39, 0.29) is 0 Å². The Morgan fingerprint density at radius 2 is 2.11 bits per heavy atom. The second kappa shape index (κ2) is 5.26. The van der Waals surface area contributed by atoms with Crippen molar-refractivity contribution in [2.75, 3.05) is 5.43 Å². The molecule has 1 aliphatic carbocycles. The van der Waals surface area contributed by atoms with Crippen LogP contribution in [-0.2, 0) is 0 Å². The van der Waals surface area contributed by atoms with E-state index in [2.05, 4.69) is 34.0 Å². The zero-order valence-electron chi connectivity index (χ0n) is 11.1. The summed E-state index contributed by atoms with van der Waals surface area (Å²) in [6.07, 6.45) is 7.51. The van der Waals surface area contributed by atoms with Crippen LogP contribution < -0.4 is 10.9 Å². The lowest BCUT2D eigenvalue weighted by atomic mass is 9.95. The van der Waals surface area contributed by atoms with Crippen LogP contribution in [0.2, 0.25) is 0 Å². The van der Waals surface area contributed by atoms with Gasteiger partial charge in [0.1, 0.15) is 0 Å². The summed E-state index contributed by atoms with van der Waals surface area (Å²) in [7, 11) is 0. The molecule has 1 atom stereocenters. The normalized spacial score (nSPS) is 19.0. The number of hydrogen-bond acceptors (Lipinski definition) is 4. The first kappa shape index (κ1) is 12.0. The molecular weight excluding hydrogens is 236 g/mol. The summed E-state index contributed by atoms with van der Waals surface area (Å²) in [6, 6.07) is 8.10. The molecule has 0 bridgehead atoms. The summed E-state index contributed by atoms with van der Waals surface area (Å²) in [5.41, 5.74) is 7.68. The Kier molecular flexibility index (Phi) is 3.31. The summed E-state index contributed by atoms with van der Waals surface area (Å²) >= 11 is 0. The van der Waals surface area contributed by atoms with Crippen molar-refractivity contribution >= 4 is 16.6 Å². The van der Waals surface area contributed by atoms with Crippen LogP contribution in [0.5, 0.6) is 0 Å². The Hall–Kier alpha value is -2.10. The number of nitrogens with zero attached hydrogens (tertiary/aromatic N) is 2. The summed E-state index contributed by atoms with van der Waals surface area (Å²) in [5.74, 6) is 1.57. The van der Waals surface area contributed by atoms with Gasteiger partial charge in [-0.2, -0.15) is 5.10 Å². The molecule has 1 unspecified atom stereocenters. The zero-order valence-corrected chi connectivity index (χ0v) is 11.1. The van der Waals surface area contributed by atoms with Gasteiger partial charge in [0.25, 0.3) is 0 Å². The van der Waals surface area contributed by atoms with Gasteiger partial charge in [-0.25, -0.2) is 0 Å². The Balaban J connectivity index is 1.75. The van der Waals surface area contributed by atoms with Gasteiger partial charge in [-0.15, -0.1) is 5.10 Å². The van der Waals surface area contributed by atoms with Crippen LogP contribution in [0.1, 0.15) is 26.2 Å². The SMILES string of the molecule is CC1CC=C(NNc2nncc3ccccc23)CC1. The molecule has 4 heteroatoms. The predicted molar refractivity (Wildman–Crippen MR) is 77.4 cm³/mol. The van der Waals surface area contributed by atoms with Crippen LogP contribution in [0.25, 0.3) is 10.8 Å². The predicted octanol–water partition coefficient (Wildman–Crippen LogP) is 3.25. The van der Waals surface area contributed by atoms with Gasteiger partial charge in [-0.1, -0.05) is 37.3 Å². The smallest absolute Gasteiger partial charge is 0.174 e. The minimum Gasteiger partial charge on any atom is -0.304 e. The van der Waals surface area contributed by atoms with Gasteiger partial charge in [0.15, 0.2) is 5.82 Å². The van der Waals surface area contributed by atoms with E-state index in [1.807, 2.05) is 24.3 Å². The van der Waals surface area contributed by atoms with Crippen LogP contribution in [0, 0.1) is 5.92 Å². The molecule has 4 nitrogen and oxygen atoms in total. The number of hydrazine groups is 1. The minimum atomic E-state index is 0.776. The highest BCUT2D eigenvalue weighted by atomic mass is 15.4. The number of aromatic nitrogens is 2. The average Bonchev–Trinajstić information content (AvgIpc) is 2.47. The molecule has 0 saturated carbocycles. The third-order valence-corrected chi connectivity index (χ3v) is 3.59. The van der Waals surface area contributed by atoms with E-state index >= 15 is 0 Å². The standard InChI is InChI=1S/C15H18N4/c1-11-6-8-13(9-7-11)17-19-15-14-5-3-2-4-12(14)10-16-18-15/h2-5,8,10-11,17H,6-7,9H2,1H3,(H,18,19). The Bertz CT molecular complexity index is 601. The molecule has 1 aliphatic rings. The van der Waals surface area contributed by atoms with Crippen molar-refractivity contribution in [3.05, 3.63) is 42.2 Å². The summed E-state index contributed by atoms with van der Waals surface area (Å²) < 4.78 is 0. The fraction of sp³-hybridized carbons (Fsp3) is 0.333. The molecule has 0 saturated heterocycles. The molecule has 1 aromatic heterocycles. The van der Waals surface area contributed by atoms with E-state index in [1.165, 1.54) is 12.1 Å². The highest BCUT2D eigenvalue weighted by Crippen LogP contribution is 2.22. The third-order valence-electron chi connectivity index (χ3n) is 3.59. The number of nitrogens with one attached hydrogen (secondary N) is 2. The van der Waals surface area contributed by atoms with Gasteiger partial charge in [0.2, 0.25) is 0 Å². The first-order valence-electron chi connectivity index (χ1n) is 6.74. The lowest BCUT2D eigenvalue weighted by Gasteiger charge is -2.20. The van der Waals surface area contributed by atoms with Gasteiger partial charge in [0, 0.05) is 16.5 Å². The van der Waals surface area contributed by atoms with Gasteiger partial charge >= 0.3 is 0 Å². The Morgan fingerprint density at radius 3 is 2.95 bits per heavy atom. The molecule has 0 radical (unpaired) electrons. The first-order chi connectivity index (χ1) is 9.33. The van der Waals surface area contributed by atoms with E-state index < -0.39 is 0 Å². The quantitative estimate of drug-likeness (QED) is 0.825. The molecule has 19 heavy (non-hydrogen) atoms. The van der Waals surface area contributed by atoms with Crippen LogP contribution in [0.4, 0.5) is 5.82 Å². The largest absolute Gasteiger partial charge is 0.304 e. The second-order valence-electron chi connectivity index (χ2n) is 5.14. The van der Waals surface area contributed by atoms with Crippen molar-refractivity contribution in [1.82, 2.24) is 15.6 Å². The van der Waals surface area contributed by atoms with Crippen LogP contribution in [-0.4, -0.2) is 10.2 Å². The van der Waals surface area contributed by atoms with E-state index in [1.54, 1.807) is 6.20 Å². The maximum absolute atomic E-state index is 4.16. The molecule has 0 spiro atoms. The van der Waals surface area contributed by atoms with E-state index in [9.17, 15) is 0 Å². The van der Waals surface area contributed by atoms with Crippen molar-refractivity contribution in [2.45, 2.75) is 26.2 Å². The molecule has 2 aromatic rings. The second-order valence-corrected chi connectivity index (χ2v) is 5.14. The molecule has 0 amide bonds. The fourth-order valence-corrected chi connectivity index (χ4v) is 2.34.